The summed E-state index contributed by atoms with van der Waals surface area (Å²) in [5.41, 5.74) is 1.01. The SMILES string of the molecule is COC(=O)CNc1ncccc1C. The lowest BCUT2D eigenvalue weighted by Crippen LogP contribution is -2.16. The number of nitrogens with one attached hydrogen (secondary N) is 1. The fourth-order valence-electron chi connectivity index (χ4n) is 0.899. The number of anilines is 1. The zero-order chi connectivity index (χ0) is 9.68. The number of ether oxygens (including phenoxy) is 1. The Kier molecular flexibility index (Phi) is 3.25. The monoisotopic (exact) mass is 180 g/mol. The smallest absolute Gasteiger partial charge is 0.325 e. The Morgan fingerprint density at radius 2 is 2.46 bits per heavy atom. The van der Waals surface area contributed by atoms with Crippen LogP contribution in [0, 0.1) is 6.92 Å². The molecule has 0 bridgehead atoms. The molecular formula is C9H12N2O2. The van der Waals surface area contributed by atoms with Crippen LogP contribution < -0.4 is 5.32 Å². The molecule has 1 N–H and O–H groups in total. The summed E-state index contributed by atoms with van der Waals surface area (Å²) >= 11 is 0. The lowest BCUT2D eigenvalue weighted by atomic mass is 10.3. The van der Waals surface area contributed by atoms with Crippen LogP contribution in [0.25, 0.3) is 0 Å². The number of aromatic nitrogens is 1. The van der Waals surface area contributed by atoms with Crippen LogP contribution in [-0.2, 0) is 9.53 Å². The molecule has 1 aromatic rings. The Labute approximate surface area is 76.9 Å². The van der Waals surface area contributed by atoms with Crippen LogP contribution in [0.5, 0.6) is 0 Å². The molecule has 0 aliphatic rings. The Morgan fingerprint density at radius 1 is 1.69 bits per heavy atom. The maximum Gasteiger partial charge on any atom is 0.325 e. The summed E-state index contributed by atoms with van der Waals surface area (Å²) in [6.45, 7) is 2.07. The van der Waals surface area contributed by atoms with Crippen molar-refractivity contribution < 1.29 is 9.53 Å². The molecule has 1 heterocycles. The molecule has 0 saturated heterocycles. The van der Waals surface area contributed by atoms with Crippen LogP contribution >= 0.6 is 0 Å². The highest BCUT2D eigenvalue weighted by Crippen LogP contribution is 2.07. The summed E-state index contributed by atoms with van der Waals surface area (Å²) in [5, 5.41) is 2.88. The predicted octanol–water partition coefficient (Wildman–Crippen LogP) is 0.975. The third kappa shape index (κ3) is 2.74. The largest absolute Gasteiger partial charge is 0.468 e. The number of carbonyl (C=O) groups excluding carboxylic acids is 1. The Balaban J connectivity index is 2.54. The minimum absolute atomic E-state index is 0.147. The molecule has 0 aromatic carbocycles. The lowest BCUT2D eigenvalue weighted by Gasteiger charge is -2.05. The van der Waals surface area contributed by atoms with E-state index in [1.165, 1.54) is 7.11 Å². The van der Waals surface area contributed by atoms with Crippen LogP contribution in [-0.4, -0.2) is 24.6 Å². The van der Waals surface area contributed by atoms with Gasteiger partial charge in [0.15, 0.2) is 0 Å². The first-order chi connectivity index (χ1) is 6.24. The molecule has 0 atom stereocenters. The summed E-state index contributed by atoms with van der Waals surface area (Å²) < 4.78 is 4.48. The first kappa shape index (κ1) is 9.51. The summed E-state index contributed by atoms with van der Waals surface area (Å²) in [6.07, 6.45) is 1.67. The molecule has 0 aliphatic carbocycles. The number of methoxy groups -OCH3 is 1. The highest BCUT2D eigenvalue weighted by molar-refractivity contribution is 5.74. The molecule has 0 aliphatic heterocycles. The molecule has 0 spiro atoms. The van der Waals surface area contributed by atoms with E-state index in [-0.39, 0.29) is 12.5 Å². The van der Waals surface area contributed by atoms with Gasteiger partial charge in [0, 0.05) is 6.20 Å². The number of aryl methyl sites for hydroxylation is 1. The number of pyridine rings is 1. The van der Waals surface area contributed by atoms with Crippen molar-refractivity contribution in [3.8, 4) is 0 Å². The molecule has 0 unspecified atom stereocenters. The van der Waals surface area contributed by atoms with Crippen molar-refractivity contribution in [2.24, 2.45) is 0 Å². The van der Waals surface area contributed by atoms with Gasteiger partial charge in [0.05, 0.1) is 7.11 Å². The van der Waals surface area contributed by atoms with Crippen molar-refractivity contribution in [1.29, 1.82) is 0 Å². The second-order valence-electron chi connectivity index (χ2n) is 2.60. The van der Waals surface area contributed by atoms with Gasteiger partial charge in [-0.1, -0.05) is 6.07 Å². The van der Waals surface area contributed by atoms with Gasteiger partial charge >= 0.3 is 5.97 Å². The molecule has 0 saturated carbocycles. The van der Waals surface area contributed by atoms with Gasteiger partial charge in [-0.15, -0.1) is 0 Å². The van der Waals surface area contributed by atoms with Gasteiger partial charge in [0.1, 0.15) is 12.4 Å². The van der Waals surface area contributed by atoms with Crippen molar-refractivity contribution >= 4 is 11.8 Å². The number of esters is 1. The zero-order valence-corrected chi connectivity index (χ0v) is 7.70. The molecule has 4 heteroatoms. The van der Waals surface area contributed by atoms with E-state index < -0.39 is 0 Å². The Bertz CT molecular complexity index is 299. The van der Waals surface area contributed by atoms with E-state index in [0.717, 1.165) is 5.56 Å². The molecule has 4 nitrogen and oxygen atoms in total. The van der Waals surface area contributed by atoms with Gasteiger partial charge < -0.3 is 10.1 Å². The van der Waals surface area contributed by atoms with Crippen molar-refractivity contribution in [3.05, 3.63) is 23.9 Å². The summed E-state index contributed by atoms with van der Waals surface area (Å²) in [7, 11) is 1.36. The molecule has 13 heavy (non-hydrogen) atoms. The van der Waals surface area contributed by atoms with Crippen molar-refractivity contribution in [3.63, 3.8) is 0 Å². The predicted molar refractivity (Wildman–Crippen MR) is 49.5 cm³/mol. The molecule has 70 valence electrons. The number of rotatable bonds is 3. The second kappa shape index (κ2) is 4.45. The Hall–Kier alpha value is -1.58. The van der Waals surface area contributed by atoms with Crippen LogP contribution in [0.2, 0.25) is 0 Å². The normalized spacial score (nSPS) is 9.38. The maximum atomic E-state index is 10.8. The van der Waals surface area contributed by atoms with Crippen LogP contribution in [0.4, 0.5) is 5.82 Å². The fraction of sp³-hybridized carbons (Fsp3) is 0.333. The third-order valence-corrected chi connectivity index (χ3v) is 1.64. The highest BCUT2D eigenvalue weighted by atomic mass is 16.5. The third-order valence-electron chi connectivity index (χ3n) is 1.64. The Morgan fingerprint density at radius 3 is 3.08 bits per heavy atom. The molecular weight excluding hydrogens is 168 g/mol. The topological polar surface area (TPSA) is 51.2 Å². The minimum Gasteiger partial charge on any atom is -0.468 e. The average molecular weight is 180 g/mol. The van der Waals surface area contributed by atoms with Crippen LogP contribution in [0.1, 0.15) is 5.56 Å². The van der Waals surface area contributed by atoms with Gasteiger partial charge in [0.25, 0.3) is 0 Å². The van der Waals surface area contributed by atoms with E-state index in [9.17, 15) is 4.79 Å². The lowest BCUT2D eigenvalue weighted by molar-refractivity contribution is -0.138. The average Bonchev–Trinajstić information content (AvgIpc) is 2.16. The van der Waals surface area contributed by atoms with E-state index in [1.54, 1.807) is 6.20 Å². The number of carbonyl (C=O) groups is 1. The van der Waals surface area contributed by atoms with Gasteiger partial charge in [-0.3, -0.25) is 4.79 Å². The zero-order valence-electron chi connectivity index (χ0n) is 7.70. The molecule has 1 rings (SSSR count). The highest BCUT2D eigenvalue weighted by Gasteiger charge is 2.01. The van der Waals surface area contributed by atoms with E-state index in [2.05, 4.69) is 15.0 Å². The molecule has 0 amide bonds. The van der Waals surface area contributed by atoms with Crippen molar-refractivity contribution in [2.75, 3.05) is 19.0 Å². The number of nitrogens with zero attached hydrogens (tertiary/aromatic N) is 1. The summed E-state index contributed by atoms with van der Waals surface area (Å²) in [5.74, 6) is 0.415. The first-order valence-corrected chi connectivity index (χ1v) is 3.96. The van der Waals surface area contributed by atoms with E-state index in [4.69, 9.17) is 0 Å². The molecule has 0 radical (unpaired) electrons. The first-order valence-electron chi connectivity index (χ1n) is 3.96. The van der Waals surface area contributed by atoms with Crippen LogP contribution in [0.15, 0.2) is 18.3 Å². The van der Waals surface area contributed by atoms with Gasteiger partial charge in [-0.2, -0.15) is 0 Å². The van der Waals surface area contributed by atoms with Gasteiger partial charge in [0.2, 0.25) is 0 Å². The van der Waals surface area contributed by atoms with Gasteiger partial charge in [-0.25, -0.2) is 4.98 Å². The van der Waals surface area contributed by atoms with Gasteiger partial charge in [-0.05, 0) is 18.6 Å². The second-order valence-corrected chi connectivity index (χ2v) is 2.60. The maximum absolute atomic E-state index is 10.8. The molecule has 1 aromatic heterocycles. The quantitative estimate of drug-likeness (QED) is 0.704. The molecule has 0 fully saturated rings. The summed E-state index contributed by atoms with van der Waals surface area (Å²) in [4.78, 5) is 14.8. The van der Waals surface area contributed by atoms with E-state index in [0.29, 0.717) is 5.82 Å². The van der Waals surface area contributed by atoms with E-state index >= 15 is 0 Å². The summed E-state index contributed by atoms with van der Waals surface area (Å²) in [6, 6.07) is 3.77. The van der Waals surface area contributed by atoms with Crippen molar-refractivity contribution in [2.45, 2.75) is 6.92 Å². The number of hydrogen-bond acceptors (Lipinski definition) is 4. The minimum atomic E-state index is -0.301. The van der Waals surface area contributed by atoms with E-state index in [1.807, 2.05) is 19.1 Å². The standard InChI is InChI=1S/C9H12N2O2/c1-7-4-3-5-10-9(7)11-6-8(12)13-2/h3-5H,6H2,1-2H3,(H,10,11). The van der Waals surface area contributed by atoms with Crippen molar-refractivity contribution in [1.82, 2.24) is 4.98 Å². The number of hydrogen-bond donors (Lipinski definition) is 1. The van der Waals surface area contributed by atoms with Crippen LogP contribution in [0.3, 0.4) is 0 Å². The fourth-order valence-corrected chi connectivity index (χ4v) is 0.899.